The van der Waals surface area contributed by atoms with Gasteiger partial charge in [-0.3, -0.25) is 0 Å². The molecule has 0 spiro atoms. The minimum absolute atomic E-state index is 1.08. The fourth-order valence-electron chi connectivity index (χ4n) is 9.17. The molecule has 0 atom stereocenters. The molecular formula is C62H43N. The molecule has 0 heterocycles. The molecule has 0 fully saturated rings. The number of para-hydroxylation sites is 1. The lowest BCUT2D eigenvalue weighted by Gasteiger charge is -2.29. The number of anilines is 3. The van der Waals surface area contributed by atoms with E-state index in [1.807, 2.05) is 0 Å². The second kappa shape index (κ2) is 16.7. The molecule has 0 amide bonds. The van der Waals surface area contributed by atoms with Crippen molar-refractivity contribution in [2.45, 2.75) is 0 Å². The third-order valence-electron chi connectivity index (χ3n) is 12.3. The predicted molar refractivity (Wildman–Crippen MR) is 269 cm³/mol. The molecule has 0 aliphatic carbocycles. The van der Waals surface area contributed by atoms with Crippen molar-refractivity contribution in [1.29, 1.82) is 0 Å². The van der Waals surface area contributed by atoms with Crippen LogP contribution in [0.4, 0.5) is 17.1 Å². The first-order chi connectivity index (χ1) is 31.2. The Morgan fingerprint density at radius 3 is 1.27 bits per heavy atom. The molecule has 0 bridgehead atoms. The maximum Gasteiger partial charge on any atom is 0.0540 e. The van der Waals surface area contributed by atoms with Gasteiger partial charge in [0.05, 0.1) is 5.69 Å². The Morgan fingerprint density at radius 1 is 0.206 bits per heavy atom. The third-order valence-corrected chi connectivity index (χ3v) is 12.3. The number of fused-ring (bicyclic) bond motifs is 3. The van der Waals surface area contributed by atoms with Crippen LogP contribution in [0, 0.1) is 0 Å². The van der Waals surface area contributed by atoms with Gasteiger partial charge in [-0.25, -0.2) is 0 Å². The highest BCUT2D eigenvalue weighted by atomic mass is 15.1. The van der Waals surface area contributed by atoms with E-state index in [1.165, 1.54) is 82.7 Å². The van der Waals surface area contributed by atoms with Crippen LogP contribution < -0.4 is 4.90 Å². The minimum atomic E-state index is 1.08. The molecule has 0 unspecified atom stereocenters. The number of hydrogen-bond acceptors (Lipinski definition) is 1. The van der Waals surface area contributed by atoms with Gasteiger partial charge in [-0.05, 0) is 125 Å². The fraction of sp³-hybridized carbons (Fsp3) is 0. The molecule has 0 radical (unpaired) electrons. The van der Waals surface area contributed by atoms with Gasteiger partial charge in [0.15, 0.2) is 0 Å². The van der Waals surface area contributed by atoms with E-state index < -0.39 is 0 Å². The first-order valence-electron chi connectivity index (χ1n) is 21.7. The molecule has 63 heavy (non-hydrogen) atoms. The Morgan fingerprint density at radius 2 is 0.619 bits per heavy atom. The van der Waals surface area contributed by atoms with E-state index in [4.69, 9.17) is 0 Å². The highest BCUT2D eigenvalue weighted by Crippen LogP contribution is 2.46. The van der Waals surface area contributed by atoms with Crippen molar-refractivity contribution in [3.8, 4) is 66.8 Å². The molecule has 11 aromatic rings. The Hall–Kier alpha value is -8.26. The molecule has 11 rings (SSSR count). The second-order valence-electron chi connectivity index (χ2n) is 16.1. The summed E-state index contributed by atoms with van der Waals surface area (Å²) in [6, 6.07) is 94.6. The fourth-order valence-corrected chi connectivity index (χ4v) is 9.17. The summed E-state index contributed by atoms with van der Waals surface area (Å²) in [5.74, 6) is 0. The predicted octanol–water partition coefficient (Wildman–Crippen LogP) is 17.5. The summed E-state index contributed by atoms with van der Waals surface area (Å²) in [6.07, 6.45) is 0. The van der Waals surface area contributed by atoms with E-state index in [1.54, 1.807) is 0 Å². The van der Waals surface area contributed by atoms with E-state index in [2.05, 4.69) is 266 Å². The zero-order chi connectivity index (χ0) is 42.0. The van der Waals surface area contributed by atoms with Crippen molar-refractivity contribution in [3.63, 3.8) is 0 Å². The lowest BCUT2D eigenvalue weighted by atomic mass is 9.88. The lowest BCUT2D eigenvalue weighted by molar-refractivity contribution is 1.28. The minimum Gasteiger partial charge on any atom is -0.310 e. The highest BCUT2D eigenvalue weighted by Gasteiger charge is 2.20. The molecule has 11 aromatic carbocycles. The van der Waals surface area contributed by atoms with E-state index in [0.717, 1.165) is 22.6 Å². The van der Waals surface area contributed by atoms with Gasteiger partial charge in [-0.15, -0.1) is 0 Å². The van der Waals surface area contributed by atoms with Gasteiger partial charge in [0, 0.05) is 16.9 Å². The second-order valence-corrected chi connectivity index (χ2v) is 16.1. The molecule has 1 heteroatoms. The molecule has 0 N–H and O–H groups in total. The Kier molecular flexibility index (Phi) is 9.97. The summed E-state index contributed by atoms with van der Waals surface area (Å²) in [7, 11) is 0. The van der Waals surface area contributed by atoms with Crippen molar-refractivity contribution >= 4 is 38.6 Å². The van der Waals surface area contributed by atoms with Crippen LogP contribution in [-0.2, 0) is 0 Å². The molecule has 0 aromatic heterocycles. The first-order valence-corrected chi connectivity index (χ1v) is 21.7. The standard InChI is InChI=1S/C62H43N/c1-3-16-44(17-4-1)49-21-15-22-50(42-49)45-32-37-53(38-33-45)63(54-39-34-46(35-40-54)51-36-41-57-52(43-51)31-30-48-20-7-8-23-55(48)57)62-29-14-13-28-61(62)60-27-12-11-26-59(60)58-25-10-9-24-56(58)47-18-5-2-6-19-47/h1-43H. The van der Waals surface area contributed by atoms with Gasteiger partial charge in [-0.2, -0.15) is 0 Å². The molecule has 0 aliphatic heterocycles. The average Bonchev–Trinajstić information content (AvgIpc) is 3.37. The van der Waals surface area contributed by atoms with Crippen molar-refractivity contribution in [2.24, 2.45) is 0 Å². The van der Waals surface area contributed by atoms with Crippen molar-refractivity contribution in [2.75, 3.05) is 4.90 Å². The van der Waals surface area contributed by atoms with Crippen LogP contribution in [0.1, 0.15) is 0 Å². The van der Waals surface area contributed by atoms with Crippen LogP contribution in [0.2, 0.25) is 0 Å². The molecule has 0 aliphatic rings. The molecular weight excluding hydrogens is 759 g/mol. The number of rotatable bonds is 9. The number of nitrogens with zero attached hydrogens (tertiary/aromatic N) is 1. The smallest absolute Gasteiger partial charge is 0.0540 e. The summed E-state index contributed by atoms with van der Waals surface area (Å²) >= 11 is 0. The molecule has 0 saturated heterocycles. The number of benzene rings is 11. The SMILES string of the molecule is c1ccc(-c2cccc(-c3ccc(N(c4ccc(-c5ccc6c(ccc7ccccc76)c5)cc4)c4ccccc4-c4ccccc4-c4ccccc4-c4ccccc4)cc3)c2)cc1. The maximum atomic E-state index is 2.41. The molecule has 1 nitrogen and oxygen atoms in total. The van der Waals surface area contributed by atoms with Gasteiger partial charge < -0.3 is 4.90 Å². The lowest BCUT2D eigenvalue weighted by Crippen LogP contribution is -2.11. The van der Waals surface area contributed by atoms with Crippen molar-refractivity contribution < 1.29 is 0 Å². The van der Waals surface area contributed by atoms with E-state index in [9.17, 15) is 0 Å². The zero-order valence-corrected chi connectivity index (χ0v) is 34.8. The van der Waals surface area contributed by atoms with Crippen LogP contribution in [-0.4, -0.2) is 0 Å². The van der Waals surface area contributed by atoms with Gasteiger partial charge >= 0.3 is 0 Å². The Labute approximate surface area is 369 Å². The summed E-state index contributed by atoms with van der Waals surface area (Å²) in [6.45, 7) is 0. The topological polar surface area (TPSA) is 3.24 Å². The highest BCUT2D eigenvalue weighted by molar-refractivity contribution is 6.08. The van der Waals surface area contributed by atoms with Gasteiger partial charge in [0.1, 0.15) is 0 Å². The van der Waals surface area contributed by atoms with Gasteiger partial charge in [0.2, 0.25) is 0 Å². The summed E-state index contributed by atoms with van der Waals surface area (Å²) in [5.41, 5.74) is 17.6. The van der Waals surface area contributed by atoms with Crippen LogP contribution in [0.25, 0.3) is 88.3 Å². The summed E-state index contributed by atoms with van der Waals surface area (Å²) in [5, 5.41) is 5.07. The number of hydrogen-bond donors (Lipinski definition) is 0. The molecule has 0 saturated carbocycles. The van der Waals surface area contributed by atoms with Crippen LogP contribution in [0.5, 0.6) is 0 Å². The zero-order valence-electron chi connectivity index (χ0n) is 34.8. The largest absolute Gasteiger partial charge is 0.310 e. The van der Waals surface area contributed by atoms with Crippen LogP contribution >= 0.6 is 0 Å². The maximum absolute atomic E-state index is 2.41. The monoisotopic (exact) mass is 801 g/mol. The summed E-state index contributed by atoms with van der Waals surface area (Å²) < 4.78 is 0. The van der Waals surface area contributed by atoms with Gasteiger partial charge in [0.25, 0.3) is 0 Å². The van der Waals surface area contributed by atoms with E-state index >= 15 is 0 Å². The van der Waals surface area contributed by atoms with E-state index in [-0.39, 0.29) is 0 Å². The quantitative estimate of drug-likeness (QED) is 0.131. The third kappa shape index (κ3) is 7.37. The Bertz CT molecular complexity index is 3370. The van der Waals surface area contributed by atoms with Crippen molar-refractivity contribution in [1.82, 2.24) is 0 Å². The van der Waals surface area contributed by atoms with Crippen molar-refractivity contribution in [3.05, 3.63) is 261 Å². The molecule has 296 valence electrons. The van der Waals surface area contributed by atoms with Crippen LogP contribution in [0.3, 0.4) is 0 Å². The van der Waals surface area contributed by atoms with Gasteiger partial charge in [-0.1, -0.05) is 218 Å². The summed E-state index contributed by atoms with van der Waals surface area (Å²) in [4.78, 5) is 2.41. The Balaban J connectivity index is 1.03. The van der Waals surface area contributed by atoms with Crippen LogP contribution in [0.15, 0.2) is 261 Å². The first kappa shape index (κ1) is 37.7. The average molecular weight is 802 g/mol. The van der Waals surface area contributed by atoms with E-state index in [0.29, 0.717) is 0 Å². The normalized spacial score (nSPS) is 11.2.